The molecule has 0 saturated heterocycles. The molecular weight excluding hydrogens is 1220 g/mol. The van der Waals surface area contributed by atoms with Gasteiger partial charge in [-0.15, -0.1) is 0 Å². The van der Waals surface area contributed by atoms with Crippen LogP contribution in [-0.2, 0) is 32.7 Å². The fourth-order valence-corrected chi connectivity index (χ4v) is 14.9. The SMILES string of the molecule is CCCCCCCCCCCCCCCCCCCCCCCCCCCCCCCCCCCCCCCC(=O)OC(COC(=O)CCCCCCCCCCCCCCCCCCCCCCCCCCCCCCCCCCCCCC)COP(=O)(O)OCC[N+](C)(C)C. The van der Waals surface area contributed by atoms with Crippen molar-refractivity contribution in [2.45, 2.75) is 502 Å². The second kappa shape index (κ2) is 79.1. The molecule has 2 atom stereocenters. The Balaban J connectivity index is 3.83. The summed E-state index contributed by atoms with van der Waals surface area (Å²) in [6.07, 6.45) is 100. The monoisotopic (exact) mass is 1390 g/mol. The van der Waals surface area contributed by atoms with E-state index in [2.05, 4.69) is 13.8 Å². The first-order chi connectivity index (χ1) is 47.5. The molecule has 0 aromatic carbocycles. The van der Waals surface area contributed by atoms with E-state index in [0.29, 0.717) is 17.4 Å². The van der Waals surface area contributed by atoms with Gasteiger partial charge in [0.2, 0.25) is 0 Å². The average molecular weight is 1390 g/mol. The average Bonchev–Trinajstić information content (AvgIpc) is 1.41. The molecule has 0 aromatic rings. The van der Waals surface area contributed by atoms with E-state index in [4.69, 9.17) is 18.5 Å². The molecule has 0 aromatic heterocycles. The summed E-state index contributed by atoms with van der Waals surface area (Å²) in [7, 11) is 1.51. The Bertz CT molecular complexity index is 1590. The van der Waals surface area contributed by atoms with Crippen molar-refractivity contribution in [3.8, 4) is 0 Å². The molecule has 9 nitrogen and oxygen atoms in total. The lowest BCUT2D eigenvalue weighted by Gasteiger charge is -2.24. The van der Waals surface area contributed by atoms with Gasteiger partial charge in [-0.3, -0.25) is 18.6 Å². The topological polar surface area (TPSA) is 108 Å². The Labute approximate surface area is 607 Å². The van der Waals surface area contributed by atoms with Gasteiger partial charge >= 0.3 is 19.8 Å². The van der Waals surface area contributed by atoms with Gasteiger partial charge in [-0.1, -0.05) is 470 Å². The maximum atomic E-state index is 12.9. The molecule has 0 aliphatic carbocycles. The molecule has 0 spiro atoms. The number of rotatable bonds is 85. The van der Waals surface area contributed by atoms with E-state index < -0.39 is 26.5 Å². The van der Waals surface area contributed by atoms with Gasteiger partial charge in [-0.05, 0) is 12.8 Å². The van der Waals surface area contributed by atoms with Crippen molar-refractivity contribution in [1.82, 2.24) is 0 Å². The fraction of sp³-hybridized carbons (Fsp3) is 0.977. The van der Waals surface area contributed by atoms with Gasteiger partial charge in [-0.2, -0.15) is 0 Å². The zero-order valence-corrected chi connectivity index (χ0v) is 67.5. The van der Waals surface area contributed by atoms with Crippen LogP contribution in [0.15, 0.2) is 0 Å². The summed E-state index contributed by atoms with van der Waals surface area (Å²) in [6, 6.07) is 0. The maximum Gasteiger partial charge on any atom is 0.472 e. The predicted molar refractivity (Wildman–Crippen MR) is 423 cm³/mol. The first-order valence-electron chi connectivity index (χ1n) is 44.3. The number of hydrogen-bond acceptors (Lipinski definition) is 7. The number of unbranched alkanes of at least 4 members (excludes halogenated alkanes) is 71. The van der Waals surface area contributed by atoms with Crippen molar-refractivity contribution in [2.24, 2.45) is 0 Å². The minimum absolute atomic E-state index is 0.0380. The van der Waals surface area contributed by atoms with Crippen molar-refractivity contribution in [3.05, 3.63) is 0 Å². The van der Waals surface area contributed by atoms with Gasteiger partial charge in [0.1, 0.15) is 19.8 Å². The summed E-state index contributed by atoms with van der Waals surface area (Å²) in [5, 5.41) is 0. The van der Waals surface area contributed by atoms with Crippen LogP contribution in [0.3, 0.4) is 0 Å². The number of carbonyl (C=O) groups excluding carboxylic acids is 2. The summed E-state index contributed by atoms with van der Waals surface area (Å²) in [4.78, 5) is 36.0. The van der Waals surface area contributed by atoms with Crippen LogP contribution in [0.25, 0.3) is 0 Å². The lowest BCUT2D eigenvalue weighted by Crippen LogP contribution is -2.37. The van der Waals surface area contributed by atoms with Crippen LogP contribution in [0.1, 0.15) is 495 Å². The second-order valence-corrected chi connectivity index (χ2v) is 33.5. The van der Waals surface area contributed by atoms with Crippen LogP contribution in [-0.4, -0.2) is 74.9 Å². The van der Waals surface area contributed by atoms with Crippen LogP contribution in [0.2, 0.25) is 0 Å². The molecule has 0 saturated carbocycles. The van der Waals surface area contributed by atoms with E-state index in [0.717, 1.165) is 38.5 Å². The molecule has 0 aliphatic heterocycles. The Morgan fingerprint density at radius 3 is 0.660 bits per heavy atom. The van der Waals surface area contributed by atoms with Crippen LogP contribution in [0, 0.1) is 0 Å². The quantitative estimate of drug-likeness (QED) is 0.0278. The van der Waals surface area contributed by atoms with E-state index in [1.807, 2.05) is 21.1 Å². The first kappa shape index (κ1) is 96.0. The number of quaternary nitrogens is 1. The molecule has 2 unspecified atom stereocenters. The second-order valence-electron chi connectivity index (χ2n) is 32.0. The predicted octanol–water partition coefficient (Wildman–Crippen LogP) is 29.6. The Morgan fingerprint density at radius 2 is 0.464 bits per heavy atom. The van der Waals surface area contributed by atoms with E-state index >= 15 is 0 Å². The molecule has 0 amide bonds. The maximum absolute atomic E-state index is 12.9. The van der Waals surface area contributed by atoms with Gasteiger partial charge in [0.05, 0.1) is 27.7 Å². The highest BCUT2D eigenvalue weighted by Crippen LogP contribution is 2.43. The smallest absolute Gasteiger partial charge is 0.462 e. The number of hydrogen-bond donors (Lipinski definition) is 1. The van der Waals surface area contributed by atoms with Gasteiger partial charge in [0.25, 0.3) is 0 Å². The van der Waals surface area contributed by atoms with Gasteiger partial charge in [0, 0.05) is 12.8 Å². The van der Waals surface area contributed by atoms with Crippen molar-refractivity contribution in [3.63, 3.8) is 0 Å². The summed E-state index contributed by atoms with van der Waals surface area (Å²) < 4.78 is 34.9. The third-order valence-corrected chi connectivity index (χ3v) is 21.9. The van der Waals surface area contributed by atoms with E-state index in [1.165, 1.54) is 430 Å². The van der Waals surface area contributed by atoms with Crippen molar-refractivity contribution in [2.75, 3.05) is 47.5 Å². The Kier molecular flexibility index (Phi) is 78.3. The molecule has 0 rings (SSSR count). The summed E-state index contributed by atoms with van der Waals surface area (Å²) in [6.45, 7) is 4.55. The minimum Gasteiger partial charge on any atom is -0.462 e. The molecule has 10 heteroatoms. The highest BCUT2D eigenvalue weighted by Gasteiger charge is 2.27. The molecule has 0 fully saturated rings. The molecule has 580 valence electrons. The Morgan fingerprint density at radius 1 is 0.278 bits per heavy atom. The number of likely N-dealkylation sites (N-methyl/N-ethyl adjacent to an activating group) is 1. The van der Waals surface area contributed by atoms with E-state index in [1.54, 1.807) is 0 Å². The zero-order valence-electron chi connectivity index (χ0n) is 66.6. The minimum atomic E-state index is -4.39. The van der Waals surface area contributed by atoms with Gasteiger partial charge in [-0.25, -0.2) is 4.57 Å². The fourth-order valence-electron chi connectivity index (χ4n) is 14.1. The Hall–Kier alpha value is -0.990. The largest absolute Gasteiger partial charge is 0.472 e. The zero-order chi connectivity index (χ0) is 70.4. The molecular formula is C87H175NO8P+. The van der Waals surface area contributed by atoms with Crippen LogP contribution in [0.5, 0.6) is 0 Å². The lowest BCUT2D eigenvalue weighted by molar-refractivity contribution is -0.870. The number of phosphoric ester groups is 1. The molecule has 97 heavy (non-hydrogen) atoms. The summed E-state index contributed by atoms with van der Waals surface area (Å²) >= 11 is 0. The molecule has 0 aliphatic rings. The van der Waals surface area contributed by atoms with Crippen molar-refractivity contribution in [1.29, 1.82) is 0 Å². The standard InChI is InChI=1S/C87H174NO8P/c1-6-8-10-12-14-16-18-20-22-24-26-28-30-32-34-36-38-40-42-44-46-48-50-52-54-56-58-60-62-64-66-68-70-72-74-76-78-80-87(90)96-85(84-95-97(91,92)94-82-81-88(3,4)5)83-93-86(89)79-77-75-73-71-69-67-65-63-61-59-57-55-53-51-49-47-45-43-41-39-37-35-33-31-29-27-25-23-21-19-17-15-13-11-9-7-2/h85H,6-84H2,1-5H3/p+1. The van der Waals surface area contributed by atoms with E-state index in [-0.39, 0.29) is 25.6 Å². The summed E-state index contributed by atoms with van der Waals surface area (Å²) in [5.74, 6) is -0.762. The number of ether oxygens (including phenoxy) is 2. The first-order valence-corrected chi connectivity index (χ1v) is 45.8. The lowest BCUT2D eigenvalue weighted by atomic mass is 10.0. The van der Waals surface area contributed by atoms with E-state index in [9.17, 15) is 19.0 Å². The van der Waals surface area contributed by atoms with Crippen LogP contribution < -0.4 is 0 Å². The molecule has 0 radical (unpaired) electrons. The highest BCUT2D eigenvalue weighted by molar-refractivity contribution is 7.47. The number of nitrogens with zero attached hydrogens (tertiary/aromatic N) is 1. The van der Waals surface area contributed by atoms with Crippen molar-refractivity contribution >= 4 is 19.8 Å². The van der Waals surface area contributed by atoms with Gasteiger partial charge in [0.15, 0.2) is 6.10 Å². The van der Waals surface area contributed by atoms with Gasteiger partial charge < -0.3 is 18.9 Å². The molecule has 1 N–H and O–H groups in total. The number of carbonyl (C=O) groups is 2. The van der Waals surface area contributed by atoms with Crippen LogP contribution in [0.4, 0.5) is 0 Å². The third kappa shape index (κ3) is 83.8. The highest BCUT2D eigenvalue weighted by atomic mass is 31.2. The normalized spacial score (nSPS) is 12.8. The molecule has 0 heterocycles. The molecule has 0 bridgehead atoms. The third-order valence-electron chi connectivity index (χ3n) is 20.9. The van der Waals surface area contributed by atoms with Crippen molar-refractivity contribution < 1.29 is 42.1 Å². The van der Waals surface area contributed by atoms with Crippen LogP contribution >= 0.6 is 7.82 Å². The number of esters is 2. The number of phosphoric acid groups is 1. The summed E-state index contributed by atoms with van der Waals surface area (Å²) in [5.41, 5.74) is 0.